The highest BCUT2D eigenvalue weighted by atomic mass is 15.2. The summed E-state index contributed by atoms with van der Waals surface area (Å²) in [6.45, 7) is 0. The number of benzene rings is 8. The van der Waals surface area contributed by atoms with Gasteiger partial charge in [-0.15, -0.1) is 0 Å². The highest BCUT2D eigenvalue weighted by Crippen LogP contribution is 2.40. The maximum atomic E-state index is 2.44. The fourth-order valence-corrected chi connectivity index (χ4v) is 9.17. The van der Waals surface area contributed by atoms with Crippen molar-refractivity contribution in [3.63, 3.8) is 0 Å². The first-order valence-electron chi connectivity index (χ1n) is 21.6. The molecular weight excluding hydrogens is 751 g/mol. The number of para-hydroxylation sites is 3. The lowest BCUT2D eigenvalue weighted by Gasteiger charge is -2.28. The van der Waals surface area contributed by atoms with Crippen LogP contribution in [-0.4, -0.2) is 4.57 Å². The van der Waals surface area contributed by atoms with Gasteiger partial charge in [0, 0.05) is 50.6 Å². The molecule has 2 aliphatic carbocycles. The van der Waals surface area contributed by atoms with Gasteiger partial charge in [-0.1, -0.05) is 140 Å². The van der Waals surface area contributed by atoms with Crippen molar-refractivity contribution in [3.05, 3.63) is 254 Å². The van der Waals surface area contributed by atoms with Crippen molar-refractivity contribution in [2.45, 2.75) is 19.3 Å². The molecule has 11 rings (SSSR count). The van der Waals surface area contributed by atoms with Crippen molar-refractivity contribution in [2.24, 2.45) is 0 Å². The quantitative estimate of drug-likeness (QED) is 0.144. The van der Waals surface area contributed by atoms with Gasteiger partial charge in [0.2, 0.25) is 0 Å². The standard InChI is InChI=1S/C59H45N3/c1-5-19-49(20-6-1)60(50-21-7-2-8-22-50)53-27-15-18-44(28-34-53)47-32-38-58-56(41-47)57-42-48(33-39-59(57)62(58)55-37-31-43-16-13-14-17-46(43)40-55)45-29-35-54(36-30-45)61(51-23-9-3-10-24-51)52-25-11-4-12-26-52/h1,3-7,9-14,16-42H,2,8,15H2. The lowest BCUT2D eigenvalue weighted by Crippen LogP contribution is -2.20. The van der Waals surface area contributed by atoms with Crippen molar-refractivity contribution >= 4 is 60.9 Å². The van der Waals surface area contributed by atoms with Crippen LogP contribution >= 0.6 is 0 Å². The average molecular weight is 796 g/mol. The van der Waals surface area contributed by atoms with E-state index in [1.165, 1.54) is 71.9 Å². The van der Waals surface area contributed by atoms with Gasteiger partial charge in [0.25, 0.3) is 0 Å². The Morgan fingerprint density at radius 2 is 0.935 bits per heavy atom. The number of allylic oxidation sites excluding steroid dienone is 8. The molecule has 0 fully saturated rings. The molecule has 1 aromatic heterocycles. The molecule has 62 heavy (non-hydrogen) atoms. The van der Waals surface area contributed by atoms with E-state index in [4.69, 9.17) is 0 Å². The maximum Gasteiger partial charge on any atom is 0.0541 e. The second-order valence-electron chi connectivity index (χ2n) is 16.0. The Balaban J connectivity index is 0.999. The molecular formula is C59H45N3. The molecule has 0 atom stereocenters. The molecule has 0 radical (unpaired) electrons. The topological polar surface area (TPSA) is 11.4 Å². The highest BCUT2D eigenvalue weighted by Gasteiger charge is 2.19. The molecule has 0 aliphatic heterocycles. The number of aromatic nitrogens is 1. The van der Waals surface area contributed by atoms with Gasteiger partial charge in [0.1, 0.15) is 0 Å². The largest absolute Gasteiger partial charge is 0.311 e. The van der Waals surface area contributed by atoms with Crippen LogP contribution in [0.2, 0.25) is 0 Å². The molecule has 0 unspecified atom stereocenters. The van der Waals surface area contributed by atoms with Gasteiger partial charge in [-0.2, -0.15) is 0 Å². The minimum absolute atomic E-state index is 0.834. The third-order valence-corrected chi connectivity index (χ3v) is 12.2. The summed E-state index contributed by atoms with van der Waals surface area (Å²) in [4.78, 5) is 4.70. The van der Waals surface area contributed by atoms with E-state index in [2.05, 4.69) is 251 Å². The Kier molecular flexibility index (Phi) is 9.76. The molecule has 296 valence electrons. The fraction of sp³-hybridized carbons (Fsp3) is 0.0508. The summed E-state index contributed by atoms with van der Waals surface area (Å²) >= 11 is 0. The van der Waals surface area contributed by atoms with Crippen LogP contribution in [0.3, 0.4) is 0 Å². The van der Waals surface area contributed by atoms with Crippen molar-refractivity contribution in [1.29, 1.82) is 0 Å². The lowest BCUT2D eigenvalue weighted by molar-refractivity contribution is 0.985. The van der Waals surface area contributed by atoms with Crippen LogP contribution in [0.1, 0.15) is 24.8 Å². The maximum absolute atomic E-state index is 2.44. The molecule has 0 spiro atoms. The Morgan fingerprint density at radius 1 is 0.371 bits per heavy atom. The second kappa shape index (κ2) is 16.3. The second-order valence-corrected chi connectivity index (χ2v) is 16.0. The fourth-order valence-electron chi connectivity index (χ4n) is 9.17. The first kappa shape index (κ1) is 37.1. The molecule has 0 N–H and O–H groups in total. The molecule has 3 heteroatoms. The van der Waals surface area contributed by atoms with Crippen molar-refractivity contribution in [2.75, 3.05) is 9.80 Å². The van der Waals surface area contributed by atoms with Crippen molar-refractivity contribution in [3.8, 4) is 16.8 Å². The summed E-state index contributed by atoms with van der Waals surface area (Å²) in [5.74, 6) is 0. The minimum atomic E-state index is 0.834. The van der Waals surface area contributed by atoms with Crippen LogP contribution < -0.4 is 9.80 Å². The first-order chi connectivity index (χ1) is 30.7. The molecule has 1 heterocycles. The summed E-state index contributed by atoms with van der Waals surface area (Å²) in [6, 6.07) is 70.3. The molecule has 2 aliphatic rings. The Morgan fingerprint density at radius 3 is 1.60 bits per heavy atom. The van der Waals surface area contributed by atoms with Crippen LogP contribution in [-0.2, 0) is 0 Å². The van der Waals surface area contributed by atoms with E-state index in [1.807, 2.05) is 0 Å². The molecule has 8 aromatic carbocycles. The molecule has 0 bridgehead atoms. The van der Waals surface area contributed by atoms with Gasteiger partial charge in [-0.3, -0.25) is 0 Å². The van der Waals surface area contributed by atoms with Gasteiger partial charge in [0.15, 0.2) is 0 Å². The van der Waals surface area contributed by atoms with Crippen molar-refractivity contribution < 1.29 is 0 Å². The third-order valence-electron chi connectivity index (χ3n) is 12.2. The number of nitrogens with zero attached hydrogens (tertiary/aromatic N) is 3. The number of anilines is 4. The van der Waals surface area contributed by atoms with E-state index in [0.29, 0.717) is 0 Å². The van der Waals surface area contributed by atoms with Crippen LogP contribution in [0.25, 0.3) is 55.0 Å². The van der Waals surface area contributed by atoms with Gasteiger partial charge >= 0.3 is 0 Å². The van der Waals surface area contributed by atoms with Crippen LogP contribution in [0.15, 0.2) is 248 Å². The average Bonchev–Trinajstić information content (AvgIpc) is 3.46. The predicted octanol–water partition coefficient (Wildman–Crippen LogP) is 16.0. The first-order valence-corrected chi connectivity index (χ1v) is 21.6. The zero-order chi connectivity index (χ0) is 41.2. The molecule has 0 amide bonds. The molecule has 0 saturated carbocycles. The molecule has 9 aromatic rings. The van der Waals surface area contributed by atoms with Crippen molar-refractivity contribution in [1.82, 2.24) is 4.57 Å². The smallest absolute Gasteiger partial charge is 0.0541 e. The number of rotatable bonds is 9. The van der Waals surface area contributed by atoms with Gasteiger partial charge in [-0.05, 0) is 149 Å². The Hall–Kier alpha value is -7.88. The SMILES string of the molecule is C1=CC(N(C2=CCC=C(c3ccc4c(c3)c3cc(-c5ccc(N(c6ccccc6)c6ccccc6)cc5)ccc3n4-c3ccc4ccccc4c3)C=C2)c2ccccc2)=CCC1. The van der Waals surface area contributed by atoms with E-state index >= 15 is 0 Å². The van der Waals surface area contributed by atoms with E-state index in [0.717, 1.165) is 42.0 Å². The lowest BCUT2D eigenvalue weighted by atomic mass is 9.99. The summed E-state index contributed by atoms with van der Waals surface area (Å²) in [7, 11) is 0. The summed E-state index contributed by atoms with van der Waals surface area (Å²) in [5.41, 5.74) is 15.3. The number of hydrogen-bond acceptors (Lipinski definition) is 2. The van der Waals surface area contributed by atoms with E-state index in [-0.39, 0.29) is 0 Å². The van der Waals surface area contributed by atoms with E-state index < -0.39 is 0 Å². The van der Waals surface area contributed by atoms with Gasteiger partial charge < -0.3 is 14.4 Å². The van der Waals surface area contributed by atoms with Crippen LogP contribution in [0.5, 0.6) is 0 Å². The van der Waals surface area contributed by atoms with E-state index in [1.54, 1.807) is 0 Å². The zero-order valence-corrected chi connectivity index (χ0v) is 34.5. The van der Waals surface area contributed by atoms with Crippen LogP contribution in [0, 0.1) is 0 Å². The molecule has 3 nitrogen and oxygen atoms in total. The summed E-state index contributed by atoms with van der Waals surface area (Å²) in [6.07, 6.45) is 19.2. The normalized spacial score (nSPS) is 13.8. The summed E-state index contributed by atoms with van der Waals surface area (Å²) < 4.78 is 2.44. The Labute approximate surface area is 363 Å². The number of fused-ring (bicyclic) bond motifs is 4. The minimum Gasteiger partial charge on any atom is -0.311 e. The number of hydrogen-bond donors (Lipinski definition) is 0. The third kappa shape index (κ3) is 7.04. The Bertz CT molecular complexity index is 3200. The monoisotopic (exact) mass is 795 g/mol. The molecule has 0 saturated heterocycles. The van der Waals surface area contributed by atoms with E-state index in [9.17, 15) is 0 Å². The summed E-state index contributed by atoms with van der Waals surface area (Å²) in [5, 5.41) is 4.94. The van der Waals surface area contributed by atoms with Gasteiger partial charge in [-0.25, -0.2) is 0 Å². The predicted molar refractivity (Wildman–Crippen MR) is 264 cm³/mol. The highest BCUT2D eigenvalue weighted by molar-refractivity contribution is 6.11. The van der Waals surface area contributed by atoms with Gasteiger partial charge in [0.05, 0.1) is 11.0 Å². The zero-order valence-electron chi connectivity index (χ0n) is 34.5. The van der Waals surface area contributed by atoms with Crippen LogP contribution in [0.4, 0.5) is 22.7 Å².